The first-order chi connectivity index (χ1) is 21.7. The molecule has 1 saturated heterocycles. The third-order valence-corrected chi connectivity index (χ3v) is 10.6. The zero-order valence-corrected chi connectivity index (χ0v) is 28.4. The fourth-order valence-corrected chi connectivity index (χ4v) is 7.31. The van der Waals surface area contributed by atoms with Gasteiger partial charge in [-0.2, -0.15) is 0 Å². The summed E-state index contributed by atoms with van der Waals surface area (Å²) in [4.78, 5) is 18.8. The molecule has 3 aromatic carbocycles. The normalized spacial score (nSPS) is 19.6. The first-order valence-electron chi connectivity index (χ1n) is 15.8. The van der Waals surface area contributed by atoms with Crippen LogP contribution >= 0.6 is 34.8 Å². The van der Waals surface area contributed by atoms with Crippen molar-refractivity contribution in [3.8, 4) is 5.75 Å². The largest absolute Gasteiger partial charge is 0.496 e. The Balaban J connectivity index is 1.22. The van der Waals surface area contributed by atoms with Crippen LogP contribution in [0.15, 0.2) is 60.2 Å². The summed E-state index contributed by atoms with van der Waals surface area (Å²) in [7, 11) is 3.76. The van der Waals surface area contributed by atoms with Crippen molar-refractivity contribution >= 4 is 46.3 Å². The maximum Gasteiger partial charge on any atom is 0.252 e. The average molecular weight is 668 g/mol. The molecule has 2 aliphatic heterocycles. The molecular formula is C36H41Cl3N4O2. The fraction of sp³-hybridized carbons (Fsp3) is 0.417. The molecule has 0 unspecified atom stereocenters. The van der Waals surface area contributed by atoms with Crippen LogP contribution in [0.2, 0.25) is 15.1 Å². The molecule has 45 heavy (non-hydrogen) atoms. The Morgan fingerprint density at radius 1 is 0.978 bits per heavy atom. The quantitative estimate of drug-likeness (QED) is 0.218. The molecule has 3 aliphatic rings. The van der Waals surface area contributed by atoms with Gasteiger partial charge in [-0.3, -0.25) is 4.79 Å². The Labute approximate surface area is 281 Å². The molecule has 0 aromatic heterocycles. The second-order valence-electron chi connectivity index (χ2n) is 12.6. The summed E-state index contributed by atoms with van der Waals surface area (Å²) >= 11 is 19.1. The van der Waals surface area contributed by atoms with E-state index in [2.05, 4.69) is 64.7 Å². The van der Waals surface area contributed by atoms with Crippen LogP contribution in [0.5, 0.6) is 5.75 Å². The van der Waals surface area contributed by atoms with Crippen molar-refractivity contribution in [3.05, 3.63) is 103 Å². The van der Waals surface area contributed by atoms with Gasteiger partial charge in [0.05, 0.1) is 23.2 Å². The average Bonchev–Trinajstić information content (AvgIpc) is 3.89. The minimum Gasteiger partial charge on any atom is -0.496 e. The standard InChI is InChI=1S/C36H41Cl3N4O2/c1-22-25(5-4-6-33(22)45-3)20-43(27-11-12-27)36(44)34-28(17-26-18-40-19-32(34)41-26)24-9-7-23(8-10-24)15-16-42(2)21-29-30(37)13-14-31(38)35(29)39/h4-10,13-14,26-27,32,40-41H,11-12,15-21H2,1-3H3/t26-,32-/m1/s1. The predicted molar refractivity (Wildman–Crippen MR) is 184 cm³/mol. The molecule has 2 atom stereocenters. The van der Waals surface area contributed by atoms with Gasteiger partial charge in [-0.1, -0.05) is 71.2 Å². The molecule has 238 valence electrons. The first kappa shape index (κ1) is 32.4. The lowest BCUT2D eigenvalue weighted by atomic mass is 9.83. The third-order valence-electron chi connectivity index (χ3n) is 9.39. The molecule has 6 nitrogen and oxygen atoms in total. The molecule has 0 radical (unpaired) electrons. The highest BCUT2D eigenvalue weighted by atomic mass is 35.5. The van der Waals surface area contributed by atoms with Crippen molar-refractivity contribution in [2.24, 2.45) is 0 Å². The van der Waals surface area contributed by atoms with Crippen LogP contribution in [-0.4, -0.2) is 67.6 Å². The molecule has 2 heterocycles. The lowest BCUT2D eigenvalue weighted by molar-refractivity contribution is -0.128. The van der Waals surface area contributed by atoms with Crippen LogP contribution in [0.4, 0.5) is 0 Å². The van der Waals surface area contributed by atoms with E-state index in [0.29, 0.717) is 34.2 Å². The Kier molecular flexibility index (Phi) is 10.1. The van der Waals surface area contributed by atoms with Crippen LogP contribution in [0.3, 0.4) is 0 Å². The summed E-state index contributed by atoms with van der Waals surface area (Å²) in [5.74, 6) is 1.01. The molecule has 3 aromatic rings. The maximum absolute atomic E-state index is 14.5. The number of rotatable bonds is 11. The number of fused-ring (bicyclic) bond motifs is 2. The number of hydrogen-bond donors (Lipinski definition) is 2. The van der Waals surface area contributed by atoms with E-state index in [4.69, 9.17) is 39.5 Å². The topological polar surface area (TPSA) is 56.8 Å². The molecule has 9 heteroatoms. The molecular weight excluding hydrogens is 627 g/mol. The van der Waals surface area contributed by atoms with Gasteiger partial charge in [-0.25, -0.2) is 0 Å². The number of hydrogen-bond acceptors (Lipinski definition) is 5. The number of piperazine rings is 1. The summed E-state index contributed by atoms with van der Waals surface area (Å²) < 4.78 is 5.58. The van der Waals surface area contributed by atoms with E-state index in [1.807, 2.05) is 12.1 Å². The Hall–Kier alpha value is -2.58. The van der Waals surface area contributed by atoms with E-state index < -0.39 is 0 Å². The van der Waals surface area contributed by atoms with Crippen LogP contribution < -0.4 is 15.4 Å². The Bertz CT molecular complexity index is 1590. The Morgan fingerprint density at radius 2 is 1.73 bits per heavy atom. The molecule has 1 saturated carbocycles. The number of nitrogens with zero attached hydrogens (tertiary/aromatic N) is 2. The molecule has 0 spiro atoms. The number of ether oxygens (including phenoxy) is 1. The number of carbonyl (C=O) groups excluding carboxylic acids is 1. The highest BCUT2D eigenvalue weighted by Crippen LogP contribution is 2.37. The molecule has 6 rings (SSSR count). The van der Waals surface area contributed by atoms with Gasteiger partial charge >= 0.3 is 0 Å². The smallest absolute Gasteiger partial charge is 0.252 e. The fourth-order valence-electron chi connectivity index (χ4n) is 6.64. The van der Waals surface area contributed by atoms with E-state index in [1.54, 1.807) is 19.2 Å². The highest BCUT2D eigenvalue weighted by Gasteiger charge is 2.41. The van der Waals surface area contributed by atoms with Gasteiger partial charge < -0.3 is 25.2 Å². The van der Waals surface area contributed by atoms with Gasteiger partial charge in [0.2, 0.25) is 0 Å². The van der Waals surface area contributed by atoms with Gasteiger partial charge in [-0.05, 0) is 85.7 Å². The van der Waals surface area contributed by atoms with E-state index >= 15 is 0 Å². The number of carbonyl (C=O) groups is 1. The van der Waals surface area contributed by atoms with Crippen molar-refractivity contribution in [3.63, 3.8) is 0 Å². The van der Waals surface area contributed by atoms with Gasteiger partial charge in [0.25, 0.3) is 5.91 Å². The number of halogens is 3. The number of methoxy groups -OCH3 is 1. The summed E-state index contributed by atoms with van der Waals surface area (Å²) in [6, 6.07) is 19.0. The van der Waals surface area contributed by atoms with Crippen molar-refractivity contribution in [1.29, 1.82) is 0 Å². The van der Waals surface area contributed by atoms with E-state index in [9.17, 15) is 4.79 Å². The minimum atomic E-state index is -0.00822. The van der Waals surface area contributed by atoms with Crippen molar-refractivity contribution in [2.45, 2.75) is 63.8 Å². The molecule has 2 N–H and O–H groups in total. The second-order valence-corrected chi connectivity index (χ2v) is 13.8. The van der Waals surface area contributed by atoms with E-state index in [1.165, 1.54) is 11.1 Å². The first-order valence-corrected chi connectivity index (χ1v) is 16.9. The number of amides is 1. The SMILES string of the molecule is COc1cccc(CN(C(=O)C2=C(c3ccc(CCN(C)Cc4c(Cl)ccc(Cl)c4Cl)cc3)C[C@@H]3CNC[C@H]2N3)C2CC2)c1C. The van der Waals surface area contributed by atoms with Crippen molar-refractivity contribution in [1.82, 2.24) is 20.4 Å². The molecule has 1 aliphatic carbocycles. The number of benzene rings is 3. The van der Waals surface area contributed by atoms with Gasteiger partial charge in [0.15, 0.2) is 0 Å². The molecule has 2 fully saturated rings. The summed E-state index contributed by atoms with van der Waals surface area (Å²) in [6.45, 7) is 5.78. The third kappa shape index (κ3) is 7.22. The van der Waals surface area contributed by atoms with Crippen molar-refractivity contribution < 1.29 is 9.53 Å². The molecule has 1 amide bonds. The summed E-state index contributed by atoms with van der Waals surface area (Å²) in [6.07, 6.45) is 3.80. The van der Waals surface area contributed by atoms with Gasteiger partial charge in [0, 0.05) is 61.0 Å². The zero-order chi connectivity index (χ0) is 31.7. The van der Waals surface area contributed by atoms with Crippen LogP contribution in [0.1, 0.15) is 47.1 Å². The van der Waals surface area contributed by atoms with Crippen molar-refractivity contribution in [2.75, 3.05) is 33.8 Å². The van der Waals surface area contributed by atoms with Crippen LogP contribution in [0, 0.1) is 6.92 Å². The summed E-state index contributed by atoms with van der Waals surface area (Å²) in [5, 5.41) is 8.95. The molecule has 2 bridgehead atoms. The highest BCUT2D eigenvalue weighted by molar-refractivity contribution is 6.44. The number of likely N-dealkylation sites (N-methyl/N-ethyl adjacent to an activating group) is 1. The second kappa shape index (κ2) is 14.0. The van der Waals surface area contributed by atoms with Crippen LogP contribution in [-0.2, 0) is 24.3 Å². The monoisotopic (exact) mass is 666 g/mol. The lowest BCUT2D eigenvalue weighted by Crippen LogP contribution is -2.60. The minimum absolute atomic E-state index is 0.00822. The van der Waals surface area contributed by atoms with Crippen LogP contribution in [0.25, 0.3) is 5.57 Å². The lowest BCUT2D eigenvalue weighted by Gasteiger charge is -2.41. The Morgan fingerprint density at radius 3 is 2.47 bits per heavy atom. The maximum atomic E-state index is 14.5. The summed E-state index contributed by atoms with van der Waals surface area (Å²) in [5.41, 5.74) is 7.54. The zero-order valence-electron chi connectivity index (χ0n) is 26.1. The van der Waals surface area contributed by atoms with E-state index in [-0.39, 0.29) is 18.0 Å². The van der Waals surface area contributed by atoms with E-state index in [0.717, 1.165) is 78.9 Å². The van der Waals surface area contributed by atoms with Gasteiger partial charge in [0.1, 0.15) is 5.75 Å². The predicted octanol–water partition coefficient (Wildman–Crippen LogP) is 6.92. The van der Waals surface area contributed by atoms with Gasteiger partial charge in [-0.15, -0.1) is 0 Å². The number of nitrogens with one attached hydrogen (secondary N) is 2.